The van der Waals surface area contributed by atoms with Crippen LogP contribution in [0, 0.1) is 23.7 Å². The minimum Gasteiger partial charge on any atom is -0.780 e. The molecule has 4 bridgehead atoms. The molecule has 4 saturated carbocycles. The van der Waals surface area contributed by atoms with Gasteiger partial charge in [0.15, 0.2) is 0 Å². The first-order valence-corrected chi connectivity index (χ1v) is 12.6. The van der Waals surface area contributed by atoms with Crippen molar-refractivity contribution < 1.29 is 162 Å². The normalized spacial score (nSPS) is 23.4. The second kappa shape index (κ2) is 16.0. The Kier molecular flexibility index (Phi) is 16.8. The third-order valence-corrected chi connectivity index (χ3v) is 7.87. The molecule has 0 amide bonds. The Morgan fingerprint density at radius 1 is 0.946 bits per heavy atom. The number of halogens is 1. The van der Waals surface area contributed by atoms with Crippen LogP contribution in [-0.4, -0.2) is 23.4 Å². The molecular formula is C22H22ClNa4O9P. The van der Waals surface area contributed by atoms with Gasteiger partial charge in [-0.25, -0.2) is 0 Å². The van der Waals surface area contributed by atoms with Crippen LogP contribution < -0.4 is 143 Å². The smallest absolute Gasteiger partial charge is 0.780 e. The zero-order chi connectivity index (χ0) is 24.0. The summed E-state index contributed by atoms with van der Waals surface area (Å²) in [5.74, 6) is -1.94. The topological polar surface area (TPSA) is 162 Å². The van der Waals surface area contributed by atoms with Crippen LogP contribution in [0.3, 0.4) is 0 Å². The van der Waals surface area contributed by atoms with Crippen LogP contribution in [0.15, 0.2) is 29.8 Å². The van der Waals surface area contributed by atoms with Crippen LogP contribution in [-0.2, 0) is 18.9 Å². The first kappa shape index (κ1) is 38.9. The summed E-state index contributed by atoms with van der Waals surface area (Å²) in [4.78, 5) is 41.9. The largest absolute Gasteiger partial charge is 1.00 e. The van der Waals surface area contributed by atoms with Gasteiger partial charge in [-0.1, -0.05) is 12.1 Å². The van der Waals surface area contributed by atoms with E-state index in [4.69, 9.17) is 16.3 Å². The van der Waals surface area contributed by atoms with Gasteiger partial charge in [0.1, 0.15) is 24.2 Å². The Morgan fingerprint density at radius 2 is 1.46 bits per heavy atom. The Bertz CT molecular complexity index is 1000. The average molecular weight is 589 g/mol. The number of hydrogen-bond donors (Lipinski definition) is 0. The van der Waals surface area contributed by atoms with E-state index in [9.17, 15) is 34.2 Å². The van der Waals surface area contributed by atoms with Crippen molar-refractivity contribution in [2.24, 2.45) is 23.7 Å². The van der Waals surface area contributed by atoms with Crippen molar-refractivity contribution in [1.29, 1.82) is 0 Å². The number of phosphoric acid groups is 1. The molecule has 4 aliphatic carbocycles. The number of carboxylic acids is 2. The van der Waals surface area contributed by atoms with Crippen molar-refractivity contribution in [2.75, 3.05) is 6.61 Å². The third-order valence-electron chi connectivity index (χ3n) is 6.93. The molecule has 1 aromatic rings. The Labute approximate surface area is 309 Å². The molecule has 0 spiro atoms. The molecule has 0 atom stereocenters. The third kappa shape index (κ3) is 9.47. The molecule has 0 unspecified atom stereocenters. The van der Waals surface area contributed by atoms with Crippen molar-refractivity contribution in [3.63, 3.8) is 0 Å². The van der Waals surface area contributed by atoms with E-state index in [1.807, 2.05) is 0 Å². The van der Waals surface area contributed by atoms with Crippen molar-refractivity contribution in [1.82, 2.24) is 0 Å². The van der Waals surface area contributed by atoms with E-state index in [0.29, 0.717) is 23.2 Å². The van der Waals surface area contributed by atoms with Crippen molar-refractivity contribution in [3.05, 3.63) is 35.4 Å². The van der Waals surface area contributed by atoms with Crippen molar-refractivity contribution in [2.45, 2.75) is 43.4 Å². The van der Waals surface area contributed by atoms with Crippen LogP contribution in [0.5, 0.6) is 5.75 Å². The number of phosphoric ester groups is 1. The van der Waals surface area contributed by atoms with Gasteiger partial charge >= 0.3 is 118 Å². The summed E-state index contributed by atoms with van der Waals surface area (Å²) in [5, 5.41) is 22.5. The van der Waals surface area contributed by atoms with Gasteiger partial charge in [0.05, 0.1) is 18.5 Å². The summed E-state index contributed by atoms with van der Waals surface area (Å²) in [6, 6.07) is 5.85. The quantitative estimate of drug-likeness (QED) is 0.0896. The van der Waals surface area contributed by atoms with E-state index < -0.39 is 31.1 Å². The Balaban J connectivity index is 0.00000324. The number of rotatable bonds is 9. The fourth-order valence-corrected chi connectivity index (χ4v) is 6.25. The first-order valence-electron chi connectivity index (χ1n) is 10.8. The predicted molar refractivity (Wildman–Crippen MR) is 108 cm³/mol. The molecular weight excluding hydrogens is 567 g/mol. The van der Waals surface area contributed by atoms with E-state index >= 15 is 0 Å². The van der Waals surface area contributed by atoms with Gasteiger partial charge in [-0.15, -0.1) is 11.6 Å². The van der Waals surface area contributed by atoms with Crippen LogP contribution in [0.1, 0.15) is 44.1 Å². The summed E-state index contributed by atoms with van der Waals surface area (Å²) in [6.07, 6.45) is 4.61. The molecule has 0 radical (unpaired) electrons. The molecule has 0 aromatic heterocycles. The van der Waals surface area contributed by atoms with Crippen LogP contribution in [0.4, 0.5) is 0 Å². The number of carboxylic acid groups (broad SMARTS) is 2. The zero-order valence-corrected chi connectivity index (χ0v) is 31.2. The van der Waals surface area contributed by atoms with Gasteiger partial charge in [-0.05, 0) is 73.5 Å². The van der Waals surface area contributed by atoms with Gasteiger partial charge in [0, 0.05) is 12.0 Å². The van der Waals surface area contributed by atoms with Gasteiger partial charge in [0.2, 0.25) is 0 Å². The molecule has 1 aromatic carbocycles. The van der Waals surface area contributed by atoms with Crippen molar-refractivity contribution >= 4 is 37.1 Å². The number of benzene rings is 1. The van der Waals surface area contributed by atoms with E-state index in [0.717, 1.165) is 31.3 Å². The van der Waals surface area contributed by atoms with Gasteiger partial charge < -0.3 is 43.4 Å². The summed E-state index contributed by atoms with van der Waals surface area (Å²) < 4.78 is 21.5. The van der Waals surface area contributed by atoms with Crippen LogP contribution >= 0.6 is 19.4 Å². The fraction of sp³-hybridized carbons (Fsp3) is 0.545. The Hall–Kier alpha value is 1.94. The molecule has 5 rings (SSSR count). The number of carbonyl (C=O) groups excluding carboxylic acids is 2. The second-order valence-corrected chi connectivity index (χ2v) is 10.9. The number of carbonyl (C=O) groups is 2. The molecule has 0 N–H and O–H groups in total. The zero-order valence-electron chi connectivity index (χ0n) is 21.6. The minimum atomic E-state index is -5.28. The molecule has 4 fully saturated rings. The molecule has 0 heterocycles. The van der Waals surface area contributed by atoms with Gasteiger partial charge in [0.25, 0.3) is 0 Å². The number of hydrogen-bond acceptors (Lipinski definition) is 9. The monoisotopic (exact) mass is 588 g/mol. The molecule has 4 aliphatic rings. The maximum absolute atomic E-state index is 11.3. The number of alkyl halides is 1. The maximum atomic E-state index is 11.3. The SMILES string of the molecule is O=C([O-])C(Cl)(CCOC(=C1C2CC3CC(C2)CC1C3)c1cccc(OP(=O)([O-])[O-])c1)C(=O)[O-].[Na+].[Na+].[Na+].[Na+]. The maximum Gasteiger partial charge on any atom is 1.00 e. The van der Waals surface area contributed by atoms with Crippen molar-refractivity contribution in [3.8, 4) is 5.75 Å². The van der Waals surface area contributed by atoms with E-state index in [1.54, 1.807) is 6.07 Å². The first-order chi connectivity index (χ1) is 15.5. The minimum absolute atomic E-state index is 0. The summed E-state index contributed by atoms with van der Waals surface area (Å²) >= 11 is 5.70. The second-order valence-electron chi connectivity index (χ2n) is 9.13. The van der Waals surface area contributed by atoms with E-state index in [2.05, 4.69) is 4.52 Å². The molecule has 37 heavy (non-hydrogen) atoms. The van der Waals surface area contributed by atoms with Crippen LogP contribution in [0.2, 0.25) is 0 Å². The fourth-order valence-electron chi connectivity index (χ4n) is 5.80. The summed E-state index contributed by atoms with van der Waals surface area (Å²) in [5.41, 5.74) is 1.50. The molecule has 0 saturated heterocycles. The molecule has 9 nitrogen and oxygen atoms in total. The molecule has 0 aliphatic heterocycles. The average Bonchev–Trinajstić information content (AvgIpc) is 2.70. The van der Waals surface area contributed by atoms with E-state index in [1.165, 1.54) is 24.6 Å². The van der Waals surface area contributed by atoms with E-state index in [-0.39, 0.29) is 142 Å². The van der Waals surface area contributed by atoms with Gasteiger partial charge in [-0.2, -0.15) is 0 Å². The predicted octanol–water partition coefficient (Wildman–Crippen LogP) is -12.0. The standard InChI is InChI=1S/C22H26ClO9P.4Na/c23-22(20(24)25,21(26)27)4-5-31-19(14-2-1-3-17(11-14)32-33(28,29)30)18-15-7-12-6-13(9-15)10-16(18)8-12;;;;/h1-3,11-13,15-16H,4-10H2,(H,24,25)(H,26,27)(H2,28,29,30);;;;/q;4*+1/p-4. The summed E-state index contributed by atoms with van der Waals surface area (Å²) in [7, 11) is -5.28. The van der Waals surface area contributed by atoms with Gasteiger partial charge in [-0.3, -0.25) is 0 Å². The number of ether oxygens (including phenoxy) is 1. The van der Waals surface area contributed by atoms with Crippen LogP contribution in [0.25, 0.3) is 5.76 Å². The number of aliphatic carboxylic acids is 2. The number of allylic oxidation sites excluding steroid dienone is 1. The molecule has 15 heteroatoms. The molecule has 180 valence electrons. The Morgan fingerprint density at radius 3 is 1.92 bits per heavy atom. The summed E-state index contributed by atoms with van der Waals surface area (Å²) in [6.45, 7) is -0.358.